The van der Waals surface area contributed by atoms with E-state index in [2.05, 4.69) is 22.1 Å². The quantitative estimate of drug-likeness (QED) is 0.311. The van der Waals surface area contributed by atoms with Gasteiger partial charge in [-0.25, -0.2) is 5.48 Å². The molecule has 2 aromatic carbocycles. The van der Waals surface area contributed by atoms with Crippen LogP contribution in [0.5, 0.6) is 5.75 Å². The molecule has 8 nitrogen and oxygen atoms in total. The summed E-state index contributed by atoms with van der Waals surface area (Å²) < 4.78 is 6.01. The first-order chi connectivity index (χ1) is 17.5. The Kier molecular flexibility index (Phi) is 8.51. The first kappa shape index (κ1) is 25.6. The lowest BCUT2D eigenvalue weighted by molar-refractivity contribution is -0.130. The van der Waals surface area contributed by atoms with Crippen molar-refractivity contribution < 1.29 is 19.5 Å². The third-order valence-electron chi connectivity index (χ3n) is 6.69. The molecule has 1 aliphatic rings. The van der Waals surface area contributed by atoms with Gasteiger partial charge in [-0.3, -0.25) is 19.8 Å². The predicted molar refractivity (Wildman–Crippen MR) is 138 cm³/mol. The Balaban J connectivity index is 1.38. The molecule has 190 valence electrons. The number of rotatable bonds is 9. The molecule has 0 bridgehead atoms. The number of hydrogen-bond donors (Lipinski definition) is 3. The van der Waals surface area contributed by atoms with Gasteiger partial charge in [-0.05, 0) is 62.7 Å². The van der Waals surface area contributed by atoms with E-state index in [4.69, 9.17) is 9.94 Å². The molecule has 3 aromatic rings. The number of hydroxylamine groups is 1. The Morgan fingerprint density at radius 1 is 1.17 bits per heavy atom. The maximum atomic E-state index is 13.0. The number of amides is 2. The van der Waals surface area contributed by atoms with Crippen molar-refractivity contribution in [1.82, 2.24) is 20.7 Å². The second-order valence-corrected chi connectivity index (χ2v) is 9.42. The fourth-order valence-electron chi connectivity index (χ4n) is 4.94. The average molecular weight is 491 g/mol. The number of aromatic nitrogens is 1. The van der Waals surface area contributed by atoms with E-state index in [9.17, 15) is 9.59 Å². The van der Waals surface area contributed by atoms with Crippen LogP contribution in [0.3, 0.4) is 0 Å². The monoisotopic (exact) mass is 490 g/mol. The van der Waals surface area contributed by atoms with Gasteiger partial charge < -0.3 is 15.0 Å². The van der Waals surface area contributed by atoms with Gasteiger partial charge in [0.2, 0.25) is 5.91 Å². The van der Waals surface area contributed by atoms with E-state index < -0.39 is 5.91 Å². The first-order valence-corrected chi connectivity index (χ1v) is 12.5. The van der Waals surface area contributed by atoms with Gasteiger partial charge in [0.05, 0.1) is 5.52 Å². The number of hydrogen-bond acceptors (Lipinski definition) is 6. The topological polar surface area (TPSA) is 104 Å². The van der Waals surface area contributed by atoms with E-state index in [0.717, 1.165) is 48.1 Å². The number of fused-ring (bicyclic) bond motifs is 1. The van der Waals surface area contributed by atoms with Crippen molar-refractivity contribution in [2.24, 2.45) is 5.92 Å². The number of piperidine rings is 1. The second-order valence-electron chi connectivity index (χ2n) is 9.42. The third kappa shape index (κ3) is 6.38. The van der Waals surface area contributed by atoms with Gasteiger partial charge in [-0.1, -0.05) is 25.1 Å². The summed E-state index contributed by atoms with van der Waals surface area (Å²) in [5.41, 5.74) is 5.20. The number of aryl methyl sites for hydroxylation is 1. The molecule has 1 aliphatic heterocycles. The van der Waals surface area contributed by atoms with Crippen LogP contribution in [0.25, 0.3) is 10.9 Å². The summed E-state index contributed by atoms with van der Waals surface area (Å²) in [6.07, 6.45) is 1.95. The minimum Gasteiger partial charge on any atom is -0.489 e. The highest BCUT2D eigenvalue weighted by atomic mass is 16.5. The van der Waals surface area contributed by atoms with Gasteiger partial charge in [0.1, 0.15) is 12.4 Å². The highest BCUT2D eigenvalue weighted by Gasteiger charge is 2.31. The third-order valence-corrected chi connectivity index (χ3v) is 6.69. The Bertz CT molecular complexity index is 1200. The fourth-order valence-corrected chi connectivity index (χ4v) is 4.94. The number of pyridine rings is 1. The summed E-state index contributed by atoms with van der Waals surface area (Å²) >= 11 is 0. The lowest BCUT2D eigenvalue weighted by Gasteiger charge is -2.38. The van der Waals surface area contributed by atoms with Crippen molar-refractivity contribution >= 4 is 22.7 Å². The number of nitrogens with zero attached hydrogens (tertiary/aromatic N) is 2. The van der Waals surface area contributed by atoms with Gasteiger partial charge in [-0.2, -0.15) is 0 Å². The van der Waals surface area contributed by atoms with Crippen molar-refractivity contribution in [2.75, 3.05) is 19.6 Å². The maximum Gasteiger partial charge on any atom is 0.251 e. The molecule has 1 saturated heterocycles. The van der Waals surface area contributed by atoms with Gasteiger partial charge in [0, 0.05) is 53.7 Å². The summed E-state index contributed by atoms with van der Waals surface area (Å²) in [5.74, 6) is -0.00460. The summed E-state index contributed by atoms with van der Waals surface area (Å²) in [7, 11) is 0. The minimum absolute atomic E-state index is 0.0670. The molecular weight excluding hydrogens is 456 g/mol. The highest BCUT2D eigenvalue weighted by molar-refractivity contribution is 5.94. The van der Waals surface area contributed by atoms with Crippen molar-refractivity contribution in [3.63, 3.8) is 0 Å². The van der Waals surface area contributed by atoms with Gasteiger partial charge in [0.15, 0.2) is 0 Å². The Morgan fingerprint density at radius 2 is 1.94 bits per heavy atom. The normalized spacial score (nSPS) is 18.1. The summed E-state index contributed by atoms with van der Waals surface area (Å²) in [4.78, 5) is 31.7. The van der Waals surface area contributed by atoms with Crippen LogP contribution >= 0.6 is 0 Å². The zero-order valence-electron chi connectivity index (χ0n) is 20.9. The van der Waals surface area contributed by atoms with Gasteiger partial charge in [-0.15, -0.1) is 0 Å². The number of carbonyl (C=O) groups excluding carboxylic acids is 2. The predicted octanol–water partition coefficient (Wildman–Crippen LogP) is 3.85. The van der Waals surface area contributed by atoms with Gasteiger partial charge in [0.25, 0.3) is 5.91 Å². The maximum absolute atomic E-state index is 13.0. The molecule has 0 saturated carbocycles. The molecule has 0 spiro atoms. The number of ether oxygens (including phenoxy) is 1. The molecule has 3 N–H and O–H groups in total. The van der Waals surface area contributed by atoms with Crippen LogP contribution in [-0.4, -0.2) is 52.6 Å². The number of carbonyl (C=O) groups is 2. The molecule has 1 aromatic heterocycles. The van der Waals surface area contributed by atoms with Crippen LogP contribution < -0.4 is 15.5 Å². The number of likely N-dealkylation sites (tertiary alicyclic amines) is 1. The van der Waals surface area contributed by atoms with Crippen LogP contribution in [0.15, 0.2) is 54.6 Å². The smallest absolute Gasteiger partial charge is 0.251 e. The van der Waals surface area contributed by atoms with Crippen LogP contribution in [0.4, 0.5) is 0 Å². The van der Waals surface area contributed by atoms with E-state index in [-0.39, 0.29) is 24.3 Å². The van der Waals surface area contributed by atoms with Crippen LogP contribution in [0, 0.1) is 12.8 Å². The lowest BCUT2D eigenvalue weighted by Crippen LogP contribution is -2.52. The van der Waals surface area contributed by atoms with Gasteiger partial charge >= 0.3 is 0 Å². The minimum atomic E-state index is -0.434. The van der Waals surface area contributed by atoms with Crippen molar-refractivity contribution in [1.29, 1.82) is 0 Å². The molecule has 0 radical (unpaired) electrons. The highest BCUT2D eigenvalue weighted by Crippen LogP contribution is 2.23. The molecule has 1 fully saturated rings. The fraction of sp³-hybridized carbons (Fsp3) is 0.393. The van der Waals surface area contributed by atoms with E-state index in [1.54, 1.807) is 29.7 Å². The first-order valence-electron chi connectivity index (χ1n) is 12.5. The molecule has 8 heteroatoms. The Morgan fingerprint density at radius 3 is 2.69 bits per heavy atom. The number of benzene rings is 2. The van der Waals surface area contributed by atoms with Crippen LogP contribution in [0.1, 0.15) is 47.8 Å². The number of para-hydroxylation sites is 1. The number of nitrogens with one attached hydrogen (secondary N) is 2. The zero-order chi connectivity index (χ0) is 25.5. The molecule has 2 heterocycles. The van der Waals surface area contributed by atoms with E-state index in [1.807, 2.05) is 37.3 Å². The second kappa shape index (κ2) is 12.0. The van der Waals surface area contributed by atoms with E-state index in [0.29, 0.717) is 24.5 Å². The molecule has 36 heavy (non-hydrogen) atoms. The lowest BCUT2D eigenvalue weighted by atomic mass is 9.88. The van der Waals surface area contributed by atoms with E-state index >= 15 is 0 Å². The average Bonchev–Trinajstić information content (AvgIpc) is 2.89. The van der Waals surface area contributed by atoms with E-state index in [1.165, 1.54) is 0 Å². The SMILES string of the molecule is CCCN1CC[C@@H](NC(=O)c2ccc(OCc3cc(C)nc4ccccc34)cc2)[C@@H](CC(=O)NO)C1. The standard InChI is InChI=1S/C28H34N4O4/c1-3-13-32-14-12-25(21(17-32)16-27(33)31-35)30-28(34)20-8-10-23(11-9-20)36-18-22-15-19(2)29-26-7-5-4-6-24(22)26/h4-11,15,21,25,35H,3,12-14,16-18H2,1-2H3,(H,30,34)(H,31,33)/t21-,25+/m0/s1. The van der Waals surface area contributed by atoms with Crippen LogP contribution in [0.2, 0.25) is 0 Å². The molecule has 4 rings (SSSR count). The summed E-state index contributed by atoms with van der Waals surface area (Å²) in [6, 6.07) is 17.0. The Hall–Kier alpha value is -3.49. The van der Waals surface area contributed by atoms with Crippen molar-refractivity contribution in [3.8, 4) is 5.75 Å². The molecule has 0 aliphatic carbocycles. The molecular formula is C28H34N4O4. The molecule has 2 atom stereocenters. The van der Waals surface area contributed by atoms with Crippen molar-refractivity contribution in [3.05, 3.63) is 71.4 Å². The van der Waals surface area contributed by atoms with Crippen molar-refractivity contribution in [2.45, 2.75) is 45.8 Å². The molecule has 0 unspecified atom stereocenters. The zero-order valence-corrected chi connectivity index (χ0v) is 20.9. The summed E-state index contributed by atoms with van der Waals surface area (Å²) in [6.45, 7) is 7.03. The van der Waals surface area contributed by atoms with Crippen LogP contribution in [-0.2, 0) is 11.4 Å². The summed E-state index contributed by atoms with van der Waals surface area (Å²) in [5, 5.41) is 13.1. The Labute approximate surface area is 211 Å². The largest absolute Gasteiger partial charge is 0.489 e. The molecule has 2 amide bonds.